The maximum Gasteiger partial charge on any atom is 0.308 e. The number of halogens is 1. The third kappa shape index (κ3) is 8.84. The van der Waals surface area contributed by atoms with E-state index in [9.17, 15) is 29.4 Å². The highest BCUT2D eigenvalue weighted by atomic mass is 79.9. The number of hydrogen-bond donors (Lipinski definition) is 5. The third-order valence-corrected chi connectivity index (χ3v) is 9.68. The van der Waals surface area contributed by atoms with Gasteiger partial charge in [-0.3, -0.25) is 19.2 Å². The molecular formula is C36H45BrN4O7. The van der Waals surface area contributed by atoms with Crippen molar-refractivity contribution in [3.05, 3.63) is 76.4 Å². The van der Waals surface area contributed by atoms with Crippen molar-refractivity contribution in [1.29, 1.82) is 0 Å². The van der Waals surface area contributed by atoms with E-state index in [1.54, 1.807) is 32.9 Å². The average Bonchev–Trinajstić information content (AvgIpc) is 3.35. The first-order valence-electron chi connectivity index (χ1n) is 16.1. The Morgan fingerprint density at radius 2 is 1.62 bits per heavy atom. The fraction of sp³-hybridized carbons (Fsp3) is 0.444. The van der Waals surface area contributed by atoms with Crippen LogP contribution in [-0.2, 0) is 30.3 Å². The van der Waals surface area contributed by atoms with E-state index in [0.29, 0.717) is 22.2 Å². The lowest BCUT2D eigenvalue weighted by atomic mass is 9.88. The minimum Gasteiger partial charge on any atom is -0.508 e. The van der Waals surface area contributed by atoms with E-state index in [2.05, 4.69) is 38.1 Å². The van der Waals surface area contributed by atoms with Crippen molar-refractivity contribution in [1.82, 2.24) is 20.5 Å². The van der Waals surface area contributed by atoms with E-state index in [1.807, 2.05) is 31.2 Å². The van der Waals surface area contributed by atoms with Crippen LogP contribution < -0.4 is 10.6 Å². The normalized spacial score (nSPS) is 27.4. The predicted molar refractivity (Wildman–Crippen MR) is 186 cm³/mol. The standard InChI is InChI=1S/C36H45BrN4O7/c1-19-15-21(3)34(45)38-23(5)36(47)41(6)30(17-27-26-9-7-8-10-28(26)39-33(27)37)35(46)40-29(24-11-13-25(42)14-12-24)18-31(43)48-22(4)16-20(2)32(19)44/h7-14,20-23,29-30,32,39,42,44H,1,15-18H2,2-6H3,(H,38,45)(H,40,46)/t20-,21+,22+,23+,29-,30-,32+/m1/s1. The number of esters is 1. The van der Waals surface area contributed by atoms with E-state index >= 15 is 0 Å². The summed E-state index contributed by atoms with van der Waals surface area (Å²) < 4.78 is 6.39. The number of aliphatic hydroxyl groups excluding tert-OH is 1. The Balaban J connectivity index is 1.74. The Labute approximate surface area is 289 Å². The molecule has 1 aliphatic rings. The monoisotopic (exact) mass is 724 g/mol. The van der Waals surface area contributed by atoms with E-state index < -0.39 is 59.9 Å². The number of hydrogen-bond acceptors (Lipinski definition) is 7. The van der Waals surface area contributed by atoms with E-state index in [-0.39, 0.29) is 30.9 Å². The van der Waals surface area contributed by atoms with Gasteiger partial charge in [-0.1, -0.05) is 50.8 Å². The molecule has 3 aromatic rings. The van der Waals surface area contributed by atoms with Crippen molar-refractivity contribution in [2.45, 2.75) is 83.7 Å². The maximum absolute atomic E-state index is 14.3. The Morgan fingerprint density at radius 3 is 2.31 bits per heavy atom. The second kappa shape index (κ2) is 15.8. The number of amides is 3. The maximum atomic E-state index is 14.3. The van der Waals surface area contributed by atoms with Gasteiger partial charge >= 0.3 is 5.97 Å². The fourth-order valence-corrected chi connectivity index (χ4v) is 6.81. The lowest BCUT2D eigenvalue weighted by Gasteiger charge is -2.31. The zero-order valence-corrected chi connectivity index (χ0v) is 29.5. The van der Waals surface area contributed by atoms with Gasteiger partial charge in [-0.2, -0.15) is 0 Å². The van der Waals surface area contributed by atoms with Crippen LogP contribution in [0.1, 0.15) is 64.1 Å². The lowest BCUT2D eigenvalue weighted by molar-refractivity contribution is -0.150. The van der Waals surface area contributed by atoms with E-state index in [4.69, 9.17) is 4.74 Å². The summed E-state index contributed by atoms with van der Waals surface area (Å²) in [4.78, 5) is 59.2. The minimum atomic E-state index is -1.06. The molecule has 2 heterocycles. The molecule has 1 saturated heterocycles. The van der Waals surface area contributed by atoms with Gasteiger partial charge in [0.2, 0.25) is 17.7 Å². The van der Waals surface area contributed by atoms with Crippen LogP contribution in [-0.4, -0.2) is 75.1 Å². The van der Waals surface area contributed by atoms with Crippen molar-refractivity contribution < 1.29 is 34.1 Å². The van der Waals surface area contributed by atoms with Gasteiger partial charge in [0.05, 0.1) is 29.3 Å². The van der Waals surface area contributed by atoms with Crippen LogP contribution in [0.2, 0.25) is 0 Å². The molecular weight excluding hydrogens is 680 g/mol. The summed E-state index contributed by atoms with van der Waals surface area (Å²) in [7, 11) is 1.51. The number of aromatic amines is 1. The number of fused-ring (bicyclic) bond motifs is 1. The molecule has 1 aromatic heterocycles. The summed E-state index contributed by atoms with van der Waals surface area (Å²) in [5.41, 5.74) is 2.63. The third-order valence-electron chi connectivity index (χ3n) is 9.00. The summed E-state index contributed by atoms with van der Waals surface area (Å²) >= 11 is 3.58. The molecule has 4 rings (SSSR count). The molecule has 0 aliphatic carbocycles. The number of ether oxygens (including phenoxy) is 1. The van der Waals surface area contributed by atoms with Crippen molar-refractivity contribution in [3.8, 4) is 5.75 Å². The molecule has 0 radical (unpaired) electrons. The largest absolute Gasteiger partial charge is 0.508 e. The molecule has 0 saturated carbocycles. The predicted octanol–water partition coefficient (Wildman–Crippen LogP) is 4.67. The molecule has 1 fully saturated rings. The first-order chi connectivity index (χ1) is 22.7. The lowest BCUT2D eigenvalue weighted by Crippen LogP contribution is -2.55. The number of H-pyrrole nitrogens is 1. The van der Waals surface area contributed by atoms with Crippen LogP contribution in [0.25, 0.3) is 10.9 Å². The molecule has 12 heteroatoms. The molecule has 7 atom stereocenters. The molecule has 0 bridgehead atoms. The van der Waals surface area contributed by atoms with E-state index in [0.717, 1.165) is 16.5 Å². The van der Waals surface area contributed by atoms with Crippen molar-refractivity contribution in [2.24, 2.45) is 11.8 Å². The number of benzene rings is 2. The van der Waals surface area contributed by atoms with Gasteiger partial charge in [-0.05, 0) is 83.4 Å². The van der Waals surface area contributed by atoms with Crippen molar-refractivity contribution in [3.63, 3.8) is 0 Å². The van der Waals surface area contributed by atoms with Gasteiger partial charge in [-0.25, -0.2) is 0 Å². The summed E-state index contributed by atoms with van der Waals surface area (Å²) in [5, 5.41) is 27.5. The Kier molecular flexibility index (Phi) is 12.1. The molecule has 3 amide bonds. The Hall–Kier alpha value is -4.16. The fourth-order valence-electron chi connectivity index (χ4n) is 6.22. The minimum absolute atomic E-state index is 0.0178. The number of carbonyl (C=O) groups is 4. The molecule has 5 N–H and O–H groups in total. The van der Waals surface area contributed by atoms with Gasteiger partial charge in [-0.15, -0.1) is 0 Å². The van der Waals surface area contributed by atoms with Crippen LogP contribution in [0.15, 0.2) is 65.3 Å². The second-order valence-corrected chi connectivity index (χ2v) is 13.7. The van der Waals surface area contributed by atoms with Crippen LogP contribution in [0.3, 0.4) is 0 Å². The Morgan fingerprint density at radius 1 is 0.958 bits per heavy atom. The number of nitrogens with one attached hydrogen (secondary N) is 3. The molecule has 0 unspecified atom stereocenters. The quantitative estimate of drug-likeness (QED) is 0.194. The van der Waals surface area contributed by atoms with Gasteiger partial charge in [0.25, 0.3) is 0 Å². The summed E-state index contributed by atoms with van der Waals surface area (Å²) in [6.07, 6.45) is -1.10. The zero-order valence-electron chi connectivity index (χ0n) is 28.0. The number of rotatable bonds is 3. The summed E-state index contributed by atoms with van der Waals surface area (Å²) in [6.45, 7) is 10.8. The molecule has 0 spiro atoms. The van der Waals surface area contributed by atoms with Gasteiger partial charge in [0, 0.05) is 30.3 Å². The number of nitrogens with zero attached hydrogens (tertiary/aromatic N) is 1. The smallest absolute Gasteiger partial charge is 0.308 e. The first-order valence-corrected chi connectivity index (χ1v) is 16.9. The van der Waals surface area contributed by atoms with E-state index in [1.165, 1.54) is 24.1 Å². The van der Waals surface area contributed by atoms with Crippen LogP contribution in [0.5, 0.6) is 5.75 Å². The highest BCUT2D eigenvalue weighted by molar-refractivity contribution is 9.10. The van der Waals surface area contributed by atoms with Crippen LogP contribution >= 0.6 is 15.9 Å². The number of aromatic nitrogens is 1. The average molecular weight is 726 g/mol. The molecule has 11 nitrogen and oxygen atoms in total. The topological polar surface area (TPSA) is 161 Å². The number of para-hydroxylation sites is 1. The molecule has 48 heavy (non-hydrogen) atoms. The zero-order chi connectivity index (χ0) is 35.3. The Bertz CT molecular complexity index is 1660. The number of likely N-dealkylation sites (N-methyl/N-ethyl adjacent to an activating group) is 1. The van der Waals surface area contributed by atoms with Crippen molar-refractivity contribution >= 4 is 50.5 Å². The van der Waals surface area contributed by atoms with Crippen LogP contribution in [0.4, 0.5) is 0 Å². The molecule has 1 aliphatic heterocycles. The summed E-state index contributed by atoms with van der Waals surface area (Å²) in [5.74, 6) is -2.89. The highest BCUT2D eigenvalue weighted by Crippen LogP contribution is 2.30. The molecule has 258 valence electrons. The number of cyclic esters (lactones) is 1. The van der Waals surface area contributed by atoms with Gasteiger partial charge < -0.3 is 35.5 Å². The number of phenolic OH excluding ortho intramolecular Hbond substituents is 1. The number of aromatic hydroxyl groups is 1. The number of aliphatic hydroxyl groups is 1. The summed E-state index contributed by atoms with van der Waals surface area (Å²) in [6, 6.07) is 10.8. The second-order valence-electron chi connectivity index (χ2n) is 12.9. The number of phenols is 1. The number of carbonyl (C=O) groups excluding carboxylic acids is 4. The first kappa shape index (κ1) is 36.7. The highest BCUT2D eigenvalue weighted by Gasteiger charge is 2.35. The molecule has 2 aromatic carbocycles. The van der Waals surface area contributed by atoms with Gasteiger partial charge in [0.1, 0.15) is 17.8 Å². The van der Waals surface area contributed by atoms with Crippen molar-refractivity contribution in [2.75, 3.05) is 7.05 Å². The van der Waals surface area contributed by atoms with Crippen LogP contribution in [0, 0.1) is 11.8 Å². The SMILES string of the molecule is C=C1C[C@H](C)C(=O)N[C@@H](C)C(=O)N(C)[C@H](Cc2c(Br)[nH]c3ccccc23)C(=O)N[C@@H](c2ccc(O)cc2)CC(=O)O[C@@H](C)C[C@@H](C)[C@H]1O. The van der Waals surface area contributed by atoms with Gasteiger partial charge in [0.15, 0.2) is 0 Å².